The fraction of sp³-hybridized carbons (Fsp3) is 0.583. The summed E-state index contributed by atoms with van der Waals surface area (Å²) >= 11 is 5.86. The van der Waals surface area contributed by atoms with Crippen LogP contribution in [0, 0.1) is 10.1 Å². The molecule has 0 N–H and O–H groups in total. The lowest BCUT2D eigenvalue weighted by Gasteiger charge is -2.23. The number of hydrogen-bond donors (Lipinski definition) is 0. The van der Waals surface area contributed by atoms with Crippen molar-refractivity contribution in [2.45, 2.75) is 38.6 Å². The summed E-state index contributed by atoms with van der Waals surface area (Å²) in [5.74, 6) is 0.630. The molecule has 1 fully saturated rings. The molecule has 0 unspecified atom stereocenters. The summed E-state index contributed by atoms with van der Waals surface area (Å²) < 4.78 is 0. The number of hydrogen-bond acceptors (Lipinski definition) is 4. The van der Waals surface area contributed by atoms with Crippen LogP contribution in [0.1, 0.15) is 32.6 Å². The molecule has 98 valence electrons. The van der Waals surface area contributed by atoms with Crippen LogP contribution in [0.4, 0.5) is 11.5 Å². The molecule has 0 atom stereocenters. The maximum absolute atomic E-state index is 10.8. The number of halogens is 1. The minimum Gasteiger partial charge on any atom is -0.353 e. The Morgan fingerprint density at radius 2 is 2.28 bits per heavy atom. The van der Waals surface area contributed by atoms with Crippen molar-refractivity contribution in [1.82, 2.24) is 4.98 Å². The van der Waals surface area contributed by atoms with Gasteiger partial charge in [-0.1, -0.05) is 24.9 Å². The Morgan fingerprint density at radius 3 is 2.83 bits per heavy atom. The average molecular weight is 270 g/mol. The Kier molecular flexibility index (Phi) is 4.01. The van der Waals surface area contributed by atoms with Crippen LogP contribution in [0.25, 0.3) is 0 Å². The van der Waals surface area contributed by atoms with Gasteiger partial charge in [-0.15, -0.1) is 0 Å². The highest BCUT2D eigenvalue weighted by Crippen LogP contribution is 2.33. The molecule has 1 heterocycles. The second-order valence-electron chi connectivity index (χ2n) is 4.54. The molecule has 2 rings (SSSR count). The van der Waals surface area contributed by atoms with Crippen molar-refractivity contribution >= 4 is 23.1 Å². The fourth-order valence-electron chi connectivity index (χ4n) is 1.92. The molecule has 0 amide bonds. The average Bonchev–Trinajstić information content (AvgIpc) is 3.13. The molecule has 18 heavy (non-hydrogen) atoms. The maximum Gasteiger partial charge on any atom is 0.276 e. The molecule has 1 aliphatic rings. The van der Waals surface area contributed by atoms with E-state index < -0.39 is 4.92 Å². The number of unbranched alkanes of at least 4 members (excludes halogenated alkanes) is 1. The fourth-order valence-corrected chi connectivity index (χ4v) is 2.12. The lowest BCUT2D eigenvalue weighted by Crippen LogP contribution is -2.27. The van der Waals surface area contributed by atoms with E-state index in [1.54, 1.807) is 0 Å². The van der Waals surface area contributed by atoms with Crippen LogP contribution in [0.5, 0.6) is 0 Å². The molecule has 6 heteroatoms. The normalized spacial score (nSPS) is 14.6. The van der Waals surface area contributed by atoms with E-state index in [0.717, 1.165) is 32.2 Å². The van der Waals surface area contributed by atoms with Crippen LogP contribution in [-0.4, -0.2) is 22.5 Å². The van der Waals surface area contributed by atoms with Crippen LogP contribution in [0.3, 0.4) is 0 Å². The van der Waals surface area contributed by atoms with E-state index in [1.165, 1.54) is 12.1 Å². The molecule has 1 aromatic rings. The van der Waals surface area contributed by atoms with Crippen molar-refractivity contribution in [3.8, 4) is 0 Å². The van der Waals surface area contributed by atoms with Gasteiger partial charge in [-0.2, -0.15) is 0 Å². The smallest absolute Gasteiger partial charge is 0.276 e. The predicted octanol–water partition coefficient (Wildman–Crippen LogP) is 3.41. The molecular formula is C12H16ClN3O2. The van der Waals surface area contributed by atoms with E-state index in [9.17, 15) is 10.1 Å². The third-order valence-corrected chi connectivity index (χ3v) is 3.20. The number of pyridine rings is 1. The Balaban J connectivity index is 2.25. The van der Waals surface area contributed by atoms with Crippen LogP contribution >= 0.6 is 11.6 Å². The minimum absolute atomic E-state index is 0.00662. The van der Waals surface area contributed by atoms with E-state index in [4.69, 9.17) is 11.6 Å². The molecule has 0 radical (unpaired) electrons. The van der Waals surface area contributed by atoms with Crippen LogP contribution in [0.2, 0.25) is 5.15 Å². The molecule has 5 nitrogen and oxygen atoms in total. The largest absolute Gasteiger partial charge is 0.353 e. The summed E-state index contributed by atoms with van der Waals surface area (Å²) in [4.78, 5) is 16.8. The van der Waals surface area contributed by atoms with E-state index in [-0.39, 0.29) is 10.8 Å². The van der Waals surface area contributed by atoms with E-state index in [2.05, 4.69) is 16.8 Å². The number of nitrogens with zero attached hydrogens (tertiary/aromatic N) is 3. The van der Waals surface area contributed by atoms with Gasteiger partial charge in [0.25, 0.3) is 5.69 Å². The van der Waals surface area contributed by atoms with Gasteiger partial charge < -0.3 is 4.90 Å². The van der Waals surface area contributed by atoms with Gasteiger partial charge in [-0.25, -0.2) is 4.98 Å². The van der Waals surface area contributed by atoms with E-state index >= 15 is 0 Å². The monoisotopic (exact) mass is 269 g/mol. The second kappa shape index (κ2) is 5.52. The van der Waals surface area contributed by atoms with Crippen molar-refractivity contribution in [2.24, 2.45) is 0 Å². The summed E-state index contributed by atoms with van der Waals surface area (Å²) in [6, 6.07) is 3.28. The molecule has 0 bridgehead atoms. The quantitative estimate of drug-likeness (QED) is 0.451. The first kappa shape index (κ1) is 13.1. The zero-order valence-electron chi connectivity index (χ0n) is 10.3. The lowest BCUT2D eigenvalue weighted by atomic mass is 10.3. The summed E-state index contributed by atoms with van der Waals surface area (Å²) in [6.45, 7) is 3.00. The molecular weight excluding hydrogens is 254 g/mol. The molecule has 1 aromatic heterocycles. The number of rotatable bonds is 6. The highest BCUT2D eigenvalue weighted by Gasteiger charge is 2.30. The maximum atomic E-state index is 10.8. The van der Waals surface area contributed by atoms with Crippen LogP contribution < -0.4 is 4.90 Å². The zero-order valence-corrected chi connectivity index (χ0v) is 11.1. The van der Waals surface area contributed by atoms with Gasteiger partial charge >= 0.3 is 0 Å². The van der Waals surface area contributed by atoms with Gasteiger partial charge in [-0.05, 0) is 19.3 Å². The standard InChI is InChI=1S/C12H16ClN3O2/c1-2-3-6-15(9-4-5-9)12-8-10(16(17)18)7-11(13)14-12/h7-9H,2-6H2,1H3. The Morgan fingerprint density at radius 1 is 1.56 bits per heavy atom. The zero-order chi connectivity index (χ0) is 13.1. The Bertz CT molecular complexity index is 449. The number of nitro groups is 1. The van der Waals surface area contributed by atoms with Gasteiger partial charge in [0.05, 0.1) is 17.1 Å². The summed E-state index contributed by atoms with van der Waals surface area (Å²) in [7, 11) is 0. The number of anilines is 1. The Labute approximate surface area is 111 Å². The molecule has 0 aliphatic heterocycles. The minimum atomic E-state index is -0.429. The molecule has 1 aliphatic carbocycles. The second-order valence-corrected chi connectivity index (χ2v) is 4.93. The van der Waals surface area contributed by atoms with Gasteiger partial charge in [0.2, 0.25) is 0 Å². The van der Waals surface area contributed by atoms with E-state index in [1.807, 2.05) is 0 Å². The first-order valence-corrected chi connectivity index (χ1v) is 6.58. The highest BCUT2D eigenvalue weighted by molar-refractivity contribution is 6.29. The lowest BCUT2D eigenvalue weighted by molar-refractivity contribution is -0.384. The molecule has 0 spiro atoms. The highest BCUT2D eigenvalue weighted by atomic mass is 35.5. The topological polar surface area (TPSA) is 59.3 Å². The van der Waals surface area contributed by atoms with Gasteiger partial charge in [-0.3, -0.25) is 10.1 Å². The predicted molar refractivity (Wildman–Crippen MR) is 71.2 cm³/mol. The Hall–Kier alpha value is -1.36. The van der Waals surface area contributed by atoms with E-state index in [0.29, 0.717) is 11.9 Å². The third kappa shape index (κ3) is 3.10. The van der Waals surface area contributed by atoms with Gasteiger partial charge in [0.15, 0.2) is 0 Å². The third-order valence-electron chi connectivity index (χ3n) is 3.01. The van der Waals surface area contributed by atoms with Gasteiger partial charge in [0, 0.05) is 12.6 Å². The molecule has 0 saturated heterocycles. The SMILES string of the molecule is CCCCN(c1cc([N+](=O)[O-])cc(Cl)n1)C1CC1. The summed E-state index contributed by atoms with van der Waals surface area (Å²) in [5, 5.41) is 11.0. The van der Waals surface area contributed by atoms with Crippen LogP contribution in [-0.2, 0) is 0 Å². The first-order chi connectivity index (χ1) is 8.61. The van der Waals surface area contributed by atoms with Crippen molar-refractivity contribution in [3.63, 3.8) is 0 Å². The van der Waals surface area contributed by atoms with Crippen molar-refractivity contribution < 1.29 is 4.92 Å². The van der Waals surface area contributed by atoms with Crippen molar-refractivity contribution in [3.05, 3.63) is 27.4 Å². The summed E-state index contributed by atoms with van der Waals surface area (Å²) in [5.41, 5.74) is 0.00662. The molecule has 0 aromatic carbocycles. The van der Waals surface area contributed by atoms with Crippen molar-refractivity contribution in [2.75, 3.05) is 11.4 Å². The van der Waals surface area contributed by atoms with Crippen LogP contribution in [0.15, 0.2) is 12.1 Å². The first-order valence-electron chi connectivity index (χ1n) is 6.20. The van der Waals surface area contributed by atoms with Crippen molar-refractivity contribution in [1.29, 1.82) is 0 Å². The van der Waals surface area contributed by atoms with Gasteiger partial charge in [0.1, 0.15) is 11.0 Å². The molecule has 1 saturated carbocycles. The summed E-state index contributed by atoms with van der Waals surface area (Å²) in [6.07, 6.45) is 4.40. The number of aromatic nitrogens is 1.